The number of morpholine rings is 1. The highest BCUT2D eigenvalue weighted by Gasteiger charge is 2.25. The fourth-order valence-electron chi connectivity index (χ4n) is 3.57. The molecule has 7 nitrogen and oxygen atoms in total. The fourth-order valence-corrected chi connectivity index (χ4v) is 4.89. The zero-order valence-electron chi connectivity index (χ0n) is 16.2. The van der Waals surface area contributed by atoms with E-state index in [-0.39, 0.29) is 29.7 Å². The third-order valence-electron chi connectivity index (χ3n) is 5.30. The van der Waals surface area contributed by atoms with E-state index < -0.39 is 10.0 Å². The van der Waals surface area contributed by atoms with Crippen LogP contribution in [0.2, 0.25) is 0 Å². The van der Waals surface area contributed by atoms with Crippen molar-refractivity contribution in [2.45, 2.75) is 45.6 Å². The second-order valence-corrected chi connectivity index (χ2v) is 9.41. The summed E-state index contributed by atoms with van der Waals surface area (Å²) in [6.45, 7) is 6.83. The Labute approximate surface area is 175 Å². The Bertz CT molecular complexity index is 528. The van der Waals surface area contributed by atoms with Crippen molar-refractivity contribution in [2.75, 3.05) is 45.6 Å². The molecule has 154 valence electrons. The van der Waals surface area contributed by atoms with Gasteiger partial charge >= 0.3 is 0 Å². The molecule has 0 amide bonds. The minimum atomic E-state index is -3.23. The molecular formula is C17H35IN4O3S. The van der Waals surface area contributed by atoms with Crippen molar-refractivity contribution < 1.29 is 13.2 Å². The van der Waals surface area contributed by atoms with Gasteiger partial charge in [0, 0.05) is 32.7 Å². The van der Waals surface area contributed by atoms with E-state index in [2.05, 4.69) is 29.5 Å². The number of rotatable bonds is 6. The Balaban J connectivity index is 0.00000338. The lowest BCUT2D eigenvalue weighted by Crippen LogP contribution is -2.48. The molecule has 1 saturated carbocycles. The maximum atomic E-state index is 12.3. The standard InChI is InChI=1S/C17H34N4O3S.HI/c1-14(2)15-4-6-16(7-5-15)20-17(18-3)19-8-13-25(22,23)21-9-11-24-12-10-21;/h14-16H,4-13H2,1-3H3,(H2,18,19,20);1H. The first-order chi connectivity index (χ1) is 11.9. The summed E-state index contributed by atoms with van der Waals surface area (Å²) in [5, 5.41) is 6.59. The van der Waals surface area contributed by atoms with Crippen LogP contribution in [0.5, 0.6) is 0 Å². The maximum Gasteiger partial charge on any atom is 0.215 e. The molecule has 9 heteroatoms. The van der Waals surface area contributed by atoms with Gasteiger partial charge in [-0.05, 0) is 37.5 Å². The molecule has 0 spiro atoms. The number of aliphatic imine (C=N–C) groups is 1. The van der Waals surface area contributed by atoms with Gasteiger partial charge in [-0.15, -0.1) is 24.0 Å². The Morgan fingerprint density at radius 2 is 1.81 bits per heavy atom. The SMILES string of the molecule is CN=C(NCCS(=O)(=O)N1CCOCC1)NC1CCC(C(C)C)CC1.I. The zero-order chi connectivity index (χ0) is 18.3. The molecule has 2 N–H and O–H groups in total. The van der Waals surface area contributed by atoms with Gasteiger partial charge in [-0.2, -0.15) is 4.31 Å². The molecule has 1 aliphatic carbocycles. The Morgan fingerprint density at radius 3 is 2.35 bits per heavy atom. The van der Waals surface area contributed by atoms with Crippen LogP contribution in [0, 0.1) is 11.8 Å². The van der Waals surface area contributed by atoms with Gasteiger partial charge in [0.25, 0.3) is 0 Å². The Morgan fingerprint density at radius 1 is 1.19 bits per heavy atom. The van der Waals surface area contributed by atoms with Crippen LogP contribution in [0.15, 0.2) is 4.99 Å². The van der Waals surface area contributed by atoms with E-state index in [0.29, 0.717) is 44.8 Å². The van der Waals surface area contributed by atoms with Crippen LogP contribution in [0.25, 0.3) is 0 Å². The molecular weight excluding hydrogens is 467 g/mol. The minimum absolute atomic E-state index is 0. The van der Waals surface area contributed by atoms with Crippen molar-refractivity contribution in [3.05, 3.63) is 0 Å². The molecule has 0 atom stereocenters. The summed E-state index contributed by atoms with van der Waals surface area (Å²) in [7, 11) is -1.50. The molecule has 0 unspecified atom stereocenters. The van der Waals surface area contributed by atoms with E-state index in [0.717, 1.165) is 24.7 Å². The molecule has 1 aliphatic heterocycles. The summed E-state index contributed by atoms with van der Waals surface area (Å²) in [6.07, 6.45) is 4.79. The second kappa shape index (κ2) is 11.7. The van der Waals surface area contributed by atoms with Gasteiger partial charge < -0.3 is 15.4 Å². The zero-order valence-corrected chi connectivity index (χ0v) is 19.4. The number of nitrogens with one attached hydrogen (secondary N) is 2. The second-order valence-electron chi connectivity index (χ2n) is 7.33. The molecule has 26 heavy (non-hydrogen) atoms. The summed E-state index contributed by atoms with van der Waals surface area (Å²) in [4.78, 5) is 4.23. The number of nitrogens with zero attached hydrogens (tertiary/aromatic N) is 2. The number of hydrogen-bond acceptors (Lipinski definition) is 4. The summed E-state index contributed by atoms with van der Waals surface area (Å²) in [6, 6.07) is 0.428. The molecule has 0 aromatic carbocycles. The molecule has 0 bridgehead atoms. The van der Waals surface area contributed by atoms with Gasteiger partial charge in [-0.25, -0.2) is 8.42 Å². The van der Waals surface area contributed by atoms with Crippen LogP contribution in [0.4, 0.5) is 0 Å². The number of halogens is 1. The smallest absolute Gasteiger partial charge is 0.215 e. The van der Waals surface area contributed by atoms with Gasteiger partial charge in [-0.3, -0.25) is 4.99 Å². The summed E-state index contributed by atoms with van der Waals surface area (Å²) in [5.41, 5.74) is 0. The average Bonchev–Trinajstić information content (AvgIpc) is 2.62. The lowest BCUT2D eigenvalue weighted by atomic mass is 9.80. The van der Waals surface area contributed by atoms with Crippen LogP contribution < -0.4 is 10.6 Å². The van der Waals surface area contributed by atoms with Crippen LogP contribution >= 0.6 is 24.0 Å². The summed E-state index contributed by atoms with van der Waals surface area (Å²) in [5.74, 6) is 2.36. The number of guanidine groups is 1. The predicted molar refractivity (Wildman–Crippen MR) is 117 cm³/mol. The first-order valence-corrected chi connectivity index (χ1v) is 11.1. The summed E-state index contributed by atoms with van der Waals surface area (Å²) < 4.78 is 31.4. The van der Waals surface area contributed by atoms with Gasteiger partial charge in [0.15, 0.2) is 5.96 Å². The number of sulfonamides is 1. The predicted octanol–water partition coefficient (Wildman–Crippen LogP) is 1.65. The average molecular weight is 502 g/mol. The normalized spacial score (nSPS) is 25.6. The number of hydrogen-bond donors (Lipinski definition) is 2. The van der Waals surface area contributed by atoms with E-state index in [1.54, 1.807) is 7.05 Å². The van der Waals surface area contributed by atoms with E-state index in [9.17, 15) is 8.42 Å². The largest absolute Gasteiger partial charge is 0.379 e. The van der Waals surface area contributed by atoms with E-state index in [1.165, 1.54) is 17.1 Å². The highest BCUT2D eigenvalue weighted by molar-refractivity contribution is 14.0. The lowest BCUT2D eigenvalue weighted by Gasteiger charge is -2.32. The first kappa shape index (κ1) is 23.9. The van der Waals surface area contributed by atoms with Crippen LogP contribution in [0.1, 0.15) is 39.5 Å². The van der Waals surface area contributed by atoms with Crippen molar-refractivity contribution >= 4 is 40.0 Å². The van der Waals surface area contributed by atoms with Crippen LogP contribution in [-0.4, -0.2) is 70.4 Å². The van der Waals surface area contributed by atoms with Crippen molar-refractivity contribution in [3.8, 4) is 0 Å². The van der Waals surface area contributed by atoms with E-state index in [1.807, 2.05) is 0 Å². The highest BCUT2D eigenvalue weighted by atomic mass is 127. The van der Waals surface area contributed by atoms with E-state index >= 15 is 0 Å². The maximum absolute atomic E-state index is 12.3. The van der Waals surface area contributed by atoms with Crippen molar-refractivity contribution in [3.63, 3.8) is 0 Å². The monoisotopic (exact) mass is 502 g/mol. The molecule has 1 saturated heterocycles. The lowest BCUT2D eigenvalue weighted by molar-refractivity contribution is 0.0730. The molecule has 2 fully saturated rings. The molecule has 1 heterocycles. The first-order valence-electron chi connectivity index (χ1n) is 9.45. The van der Waals surface area contributed by atoms with Gasteiger partial charge in [-0.1, -0.05) is 13.8 Å². The van der Waals surface area contributed by atoms with Crippen molar-refractivity contribution in [1.29, 1.82) is 0 Å². The van der Waals surface area contributed by atoms with Crippen LogP contribution in [-0.2, 0) is 14.8 Å². The Kier molecular flexibility index (Phi) is 10.7. The number of ether oxygens (including phenoxy) is 1. The third kappa shape index (κ3) is 7.47. The van der Waals surface area contributed by atoms with Gasteiger partial charge in [0.1, 0.15) is 0 Å². The highest BCUT2D eigenvalue weighted by Crippen LogP contribution is 2.29. The minimum Gasteiger partial charge on any atom is -0.379 e. The van der Waals surface area contributed by atoms with Crippen molar-refractivity contribution in [1.82, 2.24) is 14.9 Å². The molecule has 2 rings (SSSR count). The molecule has 0 radical (unpaired) electrons. The molecule has 0 aromatic heterocycles. The van der Waals surface area contributed by atoms with Gasteiger partial charge in [0.2, 0.25) is 10.0 Å². The summed E-state index contributed by atoms with van der Waals surface area (Å²) >= 11 is 0. The van der Waals surface area contributed by atoms with E-state index in [4.69, 9.17) is 4.74 Å². The Hall–Kier alpha value is -0.130. The topological polar surface area (TPSA) is 83.0 Å². The molecule has 0 aromatic rings. The van der Waals surface area contributed by atoms with Crippen LogP contribution in [0.3, 0.4) is 0 Å². The third-order valence-corrected chi connectivity index (χ3v) is 7.17. The molecule has 2 aliphatic rings. The van der Waals surface area contributed by atoms with Gasteiger partial charge in [0.05, 0.1) is 19.0 Å². The van der Waals surface area contributed by atoms with Crippen molar-refractivity contribution in [2.24, 2.45) is 16.8 Å². The fraction of sp³-hybridized carbons (Fsp3) is 0.941. The quantitative estimate of drug-likeness (QED) is 0.328.